The number of benzene rings is 2. The number of nitrogens with zero attached hydrogens (tertiary/aromatic N) is 2. The van der Waals surface area contributed by atoms with Crippen LogP contribution in [0.4, 0.5) is 22.0 Å². The van der Waals surface area contributed by atoms with Gasteiger partial charge in [-0.3, -0.25) is 4.40 Å². The van der Waals surface area contributed by atoms with Crippen LogP contribution in [0.5, 0.6) is 5.75 Å². The second-order valence-electron chi connectivity index (χ2n) is 7.69. The van der Waals surface area contributed by atoms with Gasteiger partial charge in [0, 0.05) is 17.3 Å². The summed E-state index contributed by atoms with van der Waals surface area (Å²) >= 11 is 0. The summed E-state index contributed by atoms with van der Waals surface area (Å²) in [6, 6.07) is 11.6. The number of halogens is 5. The van der Waals surface area contributed by atoms with Crippen LogP contribution < -0.4 is 4.74 Å². The topological polar surface area (TPSA) is 46.8 Å². The minimum absolute atomic E-state index is 0.00294. The van der Waals surface area contributed by atoms with Crippen LogP contribution >= 0.6 is 0 Å². The van der Waals surface area contributed by atoms with E-state index in [1.165, 1.54) is 54.6 Å². The Morgan fingerprint density at radius 3 is 2.34 bits per heavy atom. The van der Waals surface area contributed by atoms with E-state index in [1.54, 1.807) is 6.20 Å². The average molecular weight is 448 g/mol. The molecule has 9 heteroatoms. The first-order chi connectivity index (χ1) is 14.9. The van der Waals surface area contributed by atoms with E-state index in [0.29, 0.717) is 11.3 Å². The summed E-state index contributed by atoms with van der Waals surface area (Å²) in [5.74, 6) is -1.78. The Hall–Kier alpha value is -3.46. The highest BCUT2D eigenvalue weighted by atomic mass is 19.4. The van der Waals surface area contributed by atoms with Gasteiger partial charge in [0.15, 0.2) is 11.5 Å². The number of fused-ring (bicyclic) bond motifs is 1. The number of hydrogen-bond donors (Lipinski definition) is 1. The standard InChI is InChI=1S/C23H17F5N2O2/c1-22(2,31)20-19(30-10-4-7-18(25)21(30)29-20)14-8-9-17(24)16(12-14)13-5-3-6-15(11-13)32-23(26,27)28/h3-12,31H,1-2H3. The average Bonchev–Trinajstić information content (AvgIpc) is 3.09. The molecule has 2 aromatic carbocycles. The van der Waals surface area contributed by atoms with E-state index in [0.717, 1.165) is 18.2 Å². The zero-order chi connectivity index (χ0) is 23.3. The van der Waals surface area contributed by atoms with Gasteiger partial charge in [-0.15, -0.1) is 13.2 Å². The molecule has 0 fully saturated rings. The van der Waals surface area contributed by atoms with E-state index in [1.807, 2.05) is 0 Å². The van der Waals surface area contributed by atoms with Crippen molar-refractivity contribution in [3.63, 3.8) is 0 Å². The summed E-state index contributed by atoms with van der Waals surface area (Å²) in [6.45, 7) is 2.97. The number of hydrogen-bond acceptors (Lipinski definition) is 3. The maximum absolute atomic E-state index is 14.7. The molecule has 0 aliphatic heterocycles. The van der Waals surface area contributed by atoms with Crippen molar-refractivity contribution in [3.05, 3.63) is 78.1 Å². The number of rotatable bonds is 4. The molecule has 166 valence electrons. The van der Waals surface area contributed by atoms with E-state index >= 15 is 0 Å². The van der Waals surface area contributed by atoms with Gasteiger partial charge < -0.3 is 9.84 Å². The molecule has 2 aromatic heterocycles. The van der Waals surface area contributed by atoms with Gasteiger partial charge in [-0.1, -0.05) is 12.1 Å². The molecule has 0 amide bonds. The smallest absolute Gasteiger partial charge is 0.406 e. The molecule has 4 rings (SSSR count). The Bertz CT molecular complexity index is 1310. The molecule has 32 heavy (non-hydrogen) atoms. The third-order valence-corrected chi connectivity index (χ3v) is 4.80. The molecule has 2 heterocycles. The molecular weight excluding hydrogens is 431 g/mol. The van der Waals surface area contributed by atoms with Crippen molar-refractivity contribution in [2.75, 3.05) is 0 Å². The molecule has 0 bridgehead atoms. The normalized spacial score (nSPS) is 12.4. The van der Waals surface area contributed by atoms with Crippen molar-refractivity contribution >= 4 is 5.65 Å². The summed E-state index contributed by atoms with van der Waals surface area (Å²) in [6.07, 6.45) is -3.34. The lowest BCUT2D eigenvalue weighted by molar-refractivity contribution is -0.274. The third-order valence-electron chi connectivity index (χ3n) is 4.80. The molecule has 4 aromatic rings. The van der Waals surface area contributed by atoms with Crippen LogP contribution in [0.15, 0.2) is 60.8 Å². The Kier molecular flexibility index (Phi) is 5.16. The van der Waals surface area contributed by atoms with Crippen LogP contribution in [-0.2, 0) is 5.60 Å². The Morgan fingerprint density at radius 2 is 1.66 bits per heavy atom. The molecule has 0 saturated carbocycles. The highest BCUT2D eigenvalue weighted by Gasteiger charge is 2.31. The number of imidazole rings is 1. The minimum Gasteiger partial charge on any atom is -0.406 e. The number of alkyl halides is 3. The van der Waals surface area contributed by atoms with Crippen LogP contribution in [-0.4, -0.2) is 20.9 Å². The molecule has 0 radical (unpaired) electrons. The first-order valence-corrected chi connectivity index (χ1v) is 9.49. The summed E-state index contributed by atoms with van der Waals surface area (Å²) in [7, 11) is 0. The lowest BCUT2D eigenvalue weighted by Gasteiger charge is -2.17. The number of pyridine rings is 1. The zero-order valence-corrected chi connectivity index (χ0v) is 16.9. The molecule has 0 aliphatic rings. The van der Waals surface area contributed by atoms with Crippen LogP contribution in [0.3, 0.4) is 0 Å². The van der Waals surface area contributed by atoms with Crippen molar-refractivity contribution in [2.45, 2.75) is 25.8 Å². The van der Waals surface area contributed by atoms with E-state index in [-0.39, 0.29) is 22.5 Å². The van der Waals surface area contributed by atoms with E-state index in [9.17, 15) is 27.1 Å². The molecule has 0 saturated heterocycles. The lowest BCUT2D eigenvalue weighted by Crippen LogP contribution is -2.17. The zero-order valence-electron chi connectivity index (χ0n) is 16.9. The first-order valence-electron chi connectivity index (χ1n) is 9.49. The molecule has 0 spiro atoms. The maximum Gasteiger partial charge on any atom is 0.573 e. The molecule has 0 aliphatic carbocycles. The number of aliphatic hydroxyl groups is 1. The summed E-state index contributed by atoms with van der Waals surface area (Å²) in [4.78, 5) is 4.24. The van der Waals surface area contributed by atoms with Crippen molar-refractivity contribution in [1.82, 2.24) is 9.38 Å². The van der Waals surface area contributed by atoms with Gasteiger partial charge in [0.2, 0.25) is 0 Å². The van der Waals surface area contributed by atoms with Crippen LogP contribution in [0.1, 0.15) is 19.5 Å². The molecular formula is C23H17F5N2O2. The lowest BCUT2D eigenvalue weighted by atomic mass is 9.96. The Balaban J connectivity index is 1.91. The first kappa shape index (κ1) is 21.8. The van der Waals surface area contributed by atoms with E-state index in [4.69, 9.17) is 0 Å². The highest BCUT2D eigenvalue weighted by molar-refractivity contribution is 5.76. The van der Waals surface area contributed by atoms with Crippen LogP contribution in [0.2, 0.25) is 0 Å². The number of ether oxygens (including phenoxy) is 1. The van der Waals surface area contributed by atoms with Gasteiger partial charge >= 0.3 is 6.36 Å². The second-order valence-corrected chi connectivity index (χ2v) is 7.69. The van der Waals surface area contributed by atoms with Gasteiger partial charge in [0.05, 0.1) is 11.4 Å². The van der Waals surface area contributed by atoms with Crippen LogP contribution in [0, 0.1) is 11.6 Å². The molecule has 4 nitrogen and oxygen atoms in total. The molecule has 0 atom stereocenters. The molecule has 0 unspecified atom stereocenters. The largest absolute Gasteiger partial charge is 0.573 e. The van der Waals surface area contributed by atoms with E-state index < -0.39 is 29.3 Å². The second kappa shape index (κ2) is 7.59. The van der Waals surface area contributed by atoms with Crippen LogP contribution in [0.25, 0.3) is 28.0 Å². The van der Waals surface area contributed by atoms with Crippen molar-refractivity contribution in [3.8, 4) is 28.1 Å². The predicted molar refractivity (Wildman–Crippen MR) is 108 cm³/mol. The SMILES string of the molecule is CC(C)(O)c1nc2c(F)cccn2c1-c1ccc(F)c(-c2cccc(OC(F)(F)F)c2)c1. The fourth-order valence-corrected chi connectivity index (χ4v) is 3.49. The summed E-state index contributed by atoms with van der Waals surface area (Å²) in [5.41, 5.74) is -0.447. The van der Waals surface area contributed by atoms with Gasteiger partial charge in [0.25, 0.3) is 0 Å². The number of aromatic nitrogens is 2. The predicted octanol–water partition coefficient (Wildman–Crippen LogP) is 6.07. The van der Waals surface area contributed by atoms with Gasteiger partial charge in [-0.25, -0.2) is 13.8 Å². The minimum atomic E-state index is -4.89. The monoisotopic (exact) mass is 448 g/mol. The summed E-state index contributed by atoms with van der Waals surface area (Å²) < 4.78 is 72.1. The third kappa shape index (κ3) is 4.16. The Labute approximate surface area is 179 Å². The van der Waals surface area contributed by atoms with Crippen molar-refractivity contribution in [1.29, 1.82) is 0 Å². The Morgan fingerprint density at radius 1 is 0.906 bits per heavy atom. The molecule has 1 N–H and O–H groups in total. The fraction of sp³-hybridized carbons (Fsp3) is 0.174. The van der Waals surface area contributed by atoms with Gasteiger partial charge in [-0.2, -0.15) is 0 Å². The van der Waals surface area contributed by atoms with Gasteiger partial charge in [0.1, 0.15) is 17.2 Å². The van der Waals surface area contributed by atoms with Crippen molar-refractivity contribution in [2.24, 2.45) is 0 Å². The summed E-state index contributed by atoms with van der Waals surface area (Å²) in [5, 5.41) is 10.6. The van der Waals surface area contributed by atoms with Crippen molar-refractivity contribution < 1.29 is 31.8 Å². The quantitative estimate of drug-likeness (QED) is 0.386. The van der Waals surface area contributed by atoms with Gasteiger partial charge in [-0.05, 0) is 61.9 Å². The fourth-order valence-electron chi connectivity index (χ4n) is 3.49. The maximum atomic E-state index is 14.7. The highest BCUT2D eigenvalue weighted by Crippen LogP contribution is 2.36. The van der Waals surface area contributed by atoms with E-state index in [2.05, 4.69) is 9.72 Å².